The van der Waals surface area contributed by atoms with Crippen molar-refractivity contribution in [3.05, 3.63) is 100 Å². The zero-order valence-corrected chi connectivity index (χ0v) is 18.8. The van der Waals surface area contributed by atoms with E-state index in [1.807, 2.05) is 72.9 Å². The standard InChI is InChI=1S/C26H21BrN4O/c27-18-9-10-23-20(11-18)22(15-29-23)25-12-21(19-3-1-2-4-24(19)31-25)26(32)30-14-17-7-5-16(13-28)6-8-17/h1-12,15,29H,13-14,28H2,(H,30,32). The maximum Gasteiger partial charge on any atom is 0.252 e. The Labute approximate surface area is 193 Å². The van der Waals surface area contributed by atoms with Crippen LogP contribution < -0.4 is 11.1 Å². The smallest absolute Gasteiger partial charge is 0.252 e. The molecule has 0 atom stereocenters. The van der Waals surface area contributed by atoms with Crippen LogP contribution in [0.3, 0.4) is 0 Å². The maximum atomic E-state index is 13.2. The van der Waals surface area contributed by atoms with E-state index in [-0.39, 0.29) is 5.91 Å². The number of nitrogens with zero attached hydrogens (tertiary/aromatic N) is 1. The molecule has 0 saturated heterocycles. The summed E-state index contributed by atoms with van der Waals surface area (Å²) >= 11 is 3.55. The van der Waals surface area contributed by atoms with Gasteiger partial charge in [0.1, 0.15) is 0 Å². The van der Waals surface area contributed by atoms with Crippen molar-refractivity contribution in [3.8, 4) is 11.3 Å². The maximum absolute atomic E-state index is 13.2. The third-order valence-corrected chi connectivity index (χ3v) is 6.09. The van der Waals surface area contributed by atoms with Crippen molar-refractivity contribution < 1.29 is 4.79 Å². The van der Waals surface area contributed by atoms with Gasteiger partial charge in [0.15, 0.2) is 0 Å². The Morgan fingerprint density at radius 2 is 1.75 bits per heavy atom. The van der Waals surface area contributed by atoms with E-state index in [0.29, 0.717) is 18.7 Å². The van der Waals surface area contributed by atoms with Crippen molar-refractivity contribution in [2.45, 2.75) is 13.1 Å². The zero-order valence-electron chi connectivity index (χ0n) is 17.2. The number of aromatic amines is 1. The number of nitrogens with one attached hydrogen (secondary N) is 2. The molecule has 158 valence electrons. The van der Waals surface area contributed by atoms with Crippen LogP contribution in [0.4, 0.5) is 0 Å². The molecule has 4 N–H and O–H groups in total. The fourth-order valence-corrected chi connectivity index (χ4v) is 4.24. The summed E-state index contributed by atoms with van der Waals surface area (Å²) in [6, 6.07) is 23.6. The lowest BCUT2D eigenvalue weighted by Gasteiger charge is -2.11. The molecule has 0 bridgehead atoms. The van der Waals surface area contributed by atoms with Crippen LogP contribution in [0, 0.1) is 0 Å². The number of hydrogen-bond donors (Lipinski definition) is 3. The molecule has 0 saturated carbocycles. The average molecular weight is 485 g/mol. The number of halogens is 1. The highest BCUT2D eigenvalue weighted by atomic mass is 79.9. The molecule has 5 rings (SSSR count). The molecule has 32 heavy (non-hydrogen) atoms. The van der Waals surface area contributed by atoms with Gasteiger partial charge in [0.05, 0.1) is 16.8 Å². The van der Waals surface area contributed by atoms with Gasteiger partial charge in [-0.15, -0.1) is 0 Å². The van der Waals surface area contributed by atoms with Gasteiger partial charge in [0.2, 0.25) is 0 Å². The molecule has 0 aliphatic rings. The molecule has 0 aliphatic carbocycles. The van der Waals surface area contributed by atoms with Gasteiger partial charge in [-0.1, -0.05) is 58.4 Å². The minimum atomic E-state index is -0.131. The highest BCUT2D eigenvalue weighted by Gasteiger charge is 2.16. The highest BCUT2D eigenvalue weighted by Crippen LogP contribution is 2.32. The van der Waals surface area contributed by atoms with E-state index in [2.05, 4.69) is 32.3 Å². The Hall–Kier alpha value is -3.48. The van der Waals surface area contributed by atoms with Crippen molar-refractivity contribution in [1.82, 2.24) is 15.3 Å². The second-order valence-electron chi connectivity index (χ2n) is 7.67. The summed E-state index contributed by atoms with van der Waals surface area (Å²) < 4.78 is 0.991. The lowest BCUT2D eigenvalue weighted by atomic mass is 10.0. The number of fused-ring (bicyclic) bond motifs is 2. The summed E-state index contributed by atoms with van der Waals surface area (Å²) in [6.45, 7) is 0.943. The first kappa shape index (κ1) is 20.4. The van der Waals surface area contributed by atoms with Gasteiger partial charge in [0, 0.05) is 45.6 Å². The molecule has 0 spiro atoms. The Kier molecular flexibility index (Phi) is 5.47. The summed E-state index contributed by atoms with van der Waals surface area (Å²) in [5, 5.41) is 4.93. The molecule has 0 radical (unpaired) electrons. The van der Waals surface area contributed by atoms with Crippen LogP contribution in [0.15, 0.2) is 83.5 Å². The van der Waals surface area contributed by atoms with Crippen molar-refractivity contribution in [2.24, 2.45) is 5.73 Å². The first-order chi connectivity index (χ1) is 15.6. The third kappa shape index (κ3) is 3.90. The lowest BCUT2D eigenvalue weighted by molar-refractivity contribution is 0.0952. The number of benzene rings is 3. The molecule has 0 fully saturated rings. The molecular weight excluding hydrogens is 464 g/mol. The number of carbonyl (C=O) groups excluding carboxylic acids is 1. The molecule has 5 nitrogen and oxygen atoms in total. The summed E-state index contributed by atoms with van der Waals surface area (Å²) in [5.74, 6) is -0.131. The first-order valence-corrected chi connectivity index (χ1v) is 11.1. The van der Waals surface area contributed by atoms with E-state index >= 15 is 0 Å². The topological polar surface area (TPSA) is 83.8 Å². The van der Waals surface area contributed by atoms with Gasteiger partial charge in [-0.3, -0.25) is 4.79 Å². The van der Waals surface area contributed by atoms with Crippen LogP contribution in [-0.4, -0.2) is 15.9 Å². The summed E-state index contributed by atoms with van der Waals surface area (Å²) in [7, 11) is 0. The fraction of sp³-hybridized carbons (Fsp3) is 0.0769. The van der Waals surface area contributed by atoms with Gasteiger partial charge < -0.3 is 16.0 Å². The number of rotatable bonds is 5. The molecular formula is C26H21BrN4O. The van der Waals surface area contributed by atoms with E-state index < -0.39 is 0 Å². The van der Waals surface area contributed by atoms with Crippen molar-refractivity contribution in [1.29, 1.82) is 0 Å². The molecule has 1 amide bonds. The second kappa shape index (κ2) is 8.57. The Morgan fingerprint density at radius 3 is 2.56 bits per heavy atom. The second-order valence-corrected chi connectivity index (χ2v) is 8.58. The SMILES string of the molecule is NCc1ccc(CNC(=O)c2cc(-c3c[nH]c4ccc(Br)cc34)nc3ccccc23)cc1. The number of aromatic nitrogens is 2. The quantitative estimate of drug-likeness (QED) is 0.306. The summed E-state index contributed by atoms with van der Waals surface area (Å²) in [4.78, 5) is 21.4. The third-order valence-electron chi connectivity index (χ3n) is 5.59. The van der Waals surface area contributed by atoms with Gasteiger partial charge in [-0.2, -0.15) is 0 Å². The van der Waals surface area contributed by atoms with Crippen LogP contribution in [0.25, 0.3) is 33.1 Å². The Bertz CT molecular complexity index is 1440. The summed E-state index contributed by atoms with van der Waals surface area (Å²) in [6.07, 6.45) is 1.94. The van der Waals surface area contributed by atoms with E-state index in [1.165, 1.54) is 0 Å². The van der Waals surface area contributed by atoms with Gasteiger partial charge >= 0.3 is 0 Å². The van der Waals surface area contributed by atoms with Gasteiger partial charge in [0.25, 0.3) is 5.91 Å². The summed E-state index contributed by atoms with van der Waals surface area (Å²) in [5.41, 5.74) is 11.9. The molecule has 2 aromatic heterocycles. The van der Waals surface area contributed by atoms with Crippen molar-refractivity contribution in [3.63, 3.8) is 0 Å². The minimum absolute atomic E-state index is 0.131. The number of pyridine rings is 1. The van der Waals surface area contributed by atoms with Crippen molar-refractivity contribution >= 4 is 43.6 Å². The molecule has 0 aliphatic heterocycles. The van der Waals surface area contributed by atoms with Crippen LogP contribution >= 0.6 is 15.9 Å². The van der Waals surface area contributed by atoms with Gasteiger partial charge in [-0.25, -0.2) is 4.98 Å². The Morgan fingerprint density at radius 1 is 0.969 bits per heavy atom. The number of H-pyrrole nitrogens is 1. The molecule has 2 heterocycles. The van der Waals surface area contributed by atoms with E-state index in [1.54, 1.807) is 0 Å². The predicted molar refractivity (Wildman–Crippen MR) is 132 cm³/mol. The normalized spacial score (nSPS) is 11.2. The average Bonchev–Trinajstić information content (AvgIpc) is 3.25. The van der Waals surface area contributed by atoms with Crippen LogP contribution in [-0.2, 0) is 13.1 Å². The number of hydrogen-bond acceptors (Lipinski definition) is 3. The van der Waals surface area contributed by atoms with Crippen LogP contribution in [0.1, 0.15) is 21.5 Å². The van der Waals surface area contributed by atoms with Crippen molar-refractivity contribution in [2.75, 3.05) is 0 Å². The monoisotopic (exact) mass is 484 g/mol. The first-order valence-electron chi connectivity index (χ1n) is 10.4. The number of nitrogens with two attached hydrogens (primary N) is 1. The molecule has 0 unspecified atom stereocenters. The number of carbonyl (C=O) groups is 1. The fourth-order valence-electron chi connectivity index (χ4n) is 3.88. The Balaban J connectivity index is 1.53. The largest absolute Gasteiger partial charge is 0.360 e. The molecule has 6 heteroatoms. The van der Waals surface area contributed by atoms with Crippen LogP contribution in [0.2, 0.25) is 0 Å². The minimum Gasteiger partial charge on any atom is -0.360 e. The van der Waals surface area contributed by atoms with E-state index in [9.17, 15) is 4.79 Å². The van der Waals surface area contributed by atoms with Crippen LogP contribution in [0.5, 0.6) is 0 Å². The molecule has 3 aromatic carbocycles. The van der Waals surface area contributed by atoms with E-state index in [0.717, 1.165) is 48.7 Å². The van der Waals surface area contributed by atoms with E-state index in [4.69, 9.17) is 10.7 Å². The highest BCUT2D eigenvalue weighted by molar-refractivity contribution is 9.10. The molecule has 5 aromatic rings. The number of para-hydroxylation sites is 1. The lowest BCUT2D eigenvalue weighted by Crippen LogP contribution is -2.23. The van der Waals surface area contributed by atoms with Gasteiger partial charge in [-0.05, 0) is 41.5 Å². The number of amides is 1. The predicted octanol–water partition coefficient (Wildman–Crippen LogP) is 5.53. The zero-order chi connectivity index (χ0) is 22.1.